The molecule has 0 radical (unpaired) electrons. The van der Waals surface area contributed by atoms with Gasteiger partial charge in [0.25, 0.3) is 0 Å². The van der Waals surface area contributed by atoms with Gasteiger partial charge in [0.2, 0.25) is 0 Å². The van der Waals surface area contributed by atoms with Gasteiger partial charge in [0, 0.05) is 23.6 Å². The van der Waals surface area contributed by atoms with Gasteiger partial charge >= 0.3 is 5.97 Å². The first-order chi connectivity index (χ1) is 13.7. The molecule has 3 aromatic carbocycles. The minimum Gasteiger partial charge on any atom is -0.427 e. The smallest absolute Gasteiger partial charge is 0.308 e. The van der Waals surface area contributed by atoms with Crippen LogP contribution < -0.4 is 4.74 Å². The van der Waals surface area contributed by atoms with E-state index in [0.717, 1.165) is 28.1 Å². The van der Waals surface area contributed by atoms with Gasteiger partial charge < -0.3 is 4.74 Å². The molecule has 0 aliphatic carbocycles. The fraction of sp³-hybridized carbons (Fsp3) is 0.0435. The van der Waals surface area contributed by atoms with Crippen molar-refractivity contribution < 1.29 is 9.53 Å². The van der Waals surface area contributed by atoms with Gasteiger partial charge in [0.1, 0.15) is 17.1 Å². The van der Waals surface area contributed by atoms with Gasteiger partial charge in [0.15, 0.2) is 5.82 Å². The molecular weight excluding hydrogens is 350 g/mol. The molecule has 0 aliphatic heterocycles. The summed E-state index contributed by atoms with van der Waals surface area (Å²) in [6.45, 7) is 1.37. The largest absolute Gasteiger partial charge is 0.427 e. The van der Waals surface area contributed by atoms with Crippen molar-refractivity contribution in [3.05, 3.63) is 84.9 Å². The van der Waals surface area contributed by atoms with Crippen LogP contribution in [-0.4, -0.2) is 21.2 Å². The molecule has 5 heteroatoms. The van der Waals surface area contributed by atoms with E-state index in [1.165, 1.54) is 6.92 Å². The van der Waals surface area contributed by atoms with Gasteiger partial charge in [0.05, 0.1) is 0 Å². The van der Waals surface area contributed by atoms with Crippen LogP contribution in [0.2, 0.25) is 0 Å². The van der Waals surface area contributed by atoms with Gasteiger partial charge in [-0.3, -0.25) is 4.79 Å². The minimum atomic E-state index is -0.357. The highest BCUT2D eigenvalue weighted by Crippen LogP contribution is 2.30. The SMILES string of the molecule is CC(=O)Oc1ccc(-c2nnc(-c3ccccc3)c(-c3ccccc3)n2)cc1. The predicted molar refractivity (Wildman–Crippen MR) is 107 cm³/mol. The van der Waals surface area contributed by atoms with Crippen molar-refractivity contribution in [3.63, 3.8) is 0 Å². The van der Waals surface area contributed by atoms with E-state index in [4.69, 9.17) is 9.72 Å². The zero-order chi connectivity index (χ0) is 19.3. The van der Waals surface area contributed by atoms with Crippen molar-refractivity contribution >= 4 is 5.97 Å². The number of nitrogens with zero attached hydrogens (tertiary/aromatic N) is 3. The highest BCUT2D eigenvalue weighted by atomic mass is 16.5. The third-order valence-electron chi connectivity index (χ3n) is 4.16. The molecule has 4 rings (SSSR count). The second kappa shape index (κ2) is 7.80. The van der Waals surface area contributed by atoms with Crippen molar-refractivity contribution in [1.29, 1.82) is 0 Å². The van der Waals surface area contributed by atoms with Gasteiger partial charge in [-0.25, -0.2) is 4.98 Å². The van der Waals surface area contributed by atoms with Crippen LogP contribution in [0.1, 0.15) is 6.92 Å². The molecule has 0 saturated heterocycles. The maximum atomic E-state index is 11.1. The molecule has 1 heterocycles. The standard InChI is InChI=1S/C23H17N3O2/c1-16(27)28-20-14-12-19(13-15-20)23-24-21(17-8-4-2-5-9-17)22(25-26-23)18-10-6-3-7-11-18/h2-15H,1H3. The molecule has 0 aliphatic rings. The highest BCUT2D eigenvalue weighted by Gasteiger charge is 2.14. The summed E-state index contributed by atoms with van der Waals surface area (Å²) in [4.78, 5) is 15.9. The van der Waals surface area contributed by atoms with Crippen LogP contribution >= 0.6 is 0 Å². The van der Waals surface area contributed by atoms with Crippen molar-refractivity contribution in [2.75, 3.05) is 0 Å². The maximum Gasteiger partial charge on any atom is 0.308 e. The summed E-state index contributed by atoms with van der Waals surface area (Å²) in [6.07, 6.45) is 0. The van der Waals surface area contributed by atoms with Gasteiger partial charge in [-0.2, -0.15) is 0 Å². The Morgan fingerprint density at radius 3 is 1.82 bits per heavy atom. The molecule has 5 nitrogen and oxygen atoms in total. The third-order valence-corrected chi connectivity index (χ3v) is 4.16. The Balaban J connectivity index is 1.79. The quantitative estimate of drug-likeness (QED) is 0.383. The molecule has 0 saturated carbocycles. The molecule has 0 bridgehead atoms. The van der Waals surface area contributed by atoms with E-state index in [1.54, 1.807) is 12.1 Å². The van der Waals surface area contributed by atoms with Crippen LogP contribution in [0.5, 0.6) is 5.75 Å². The Bertz CT molecular complexity index is 1100. The summed E-state index contributed by atoms with van der Waals surface area (Å²) in [6, 6.07) is 26.9. The molecule has 0 fully saturated rings. The molecular formula is C23H17N3O2. The molecule has 0 unspecified atom stereocenters. The topological polar surface area (TPSA) is 65.0 Å². The Morgan fingerprint density at radius 2 is 1.25 bits per heavy atom. The van der Waals surface area contributed by atoms with E-state index in [2.05, 4.69) is 10.2 Å². The van der Waals surface area contributed by atoms with Crippen LogP contribution in [-0.2, 0) is 4.79 Å². The van der Waals surface area contributed by atoms with Crippen LogP contribution in [0.15, 0.2) is 84.9 Å². The van der Waals surface area contributed by atoms with Crippen LogP contribution in [0.4, 0.5) is 0 Å². The van der Waals surface area contributed by atoms with E-state index in [-0.39, 0.29) is 5.97 Å². The zero-order valence-electron chi connectivity index (χ0n) is 15.2. The number of hydrogen-bond donors (Lipinski definition) is 0. The lowest BCUT2D eigenvalue weighted by atomic mass is 10.0. The average molecular weight is 367 g/mol. The molecule has 0 amide bonds. The molecule has 136 valence electrons. The minimum absolute atomic E-state index is 0.357. The first-order valence-corrected chi connectivity index (χ1v) is 8.85. The molecule has 28 heavy (non-hydrogen) atoms. The number of ether oxygens (including phenoxy) is 1. The van der Waals surface area contributed by atoms with Crippen LogP contribution in [0.3, 0.4) is 0 Å². The third kappa shape index (κ3) is 3.78. The van der Waals surface area contributed by atoms with E-state index < -0.39 is 0 Å². The molecule has 1 aromatic heterocycles. The number of aromatic nitrogens is 3. The lowest BCUT2D eigenvalue weighted by molar-refractivity contribution is -0.131. The van der Waals surface area contributed by atoms with Crippen molar-refractivity contribution in [2.45, 2.75) is 6.92 Å². The van der Waals surface area contributed by atoms with E-state index in [9.17, 15) is 4.79 Å². The molecule has 4 aromatic rings. The number of carbonyl (C=O) groups excluding carboxylic acids is 1. The predicted octanol–water partition coefficient (Wildman–Crippen LogP) is 4.80. The Hall–Kier alpha value is -3.86. The Labute approximate surface area is 162 Å². The molecule has 0 atom stereocenters. The fourth-order valence-electron chi connectivity index (χ4n) is 2.87. The number of esters is 1. The number of hydrogen-bond acceptors (Lipinski definition) is 5. The van der Waals surface area contributed by atoms with Gasteiger partial charge in [-0.1, -0.05) is 60.7 Å². The first-order valence-electron chi connectivity index (χ1n) is 8.85. The van der Waals surface area contributed by atoms with Crippen molar-refractivity contribution in [1.82, 2.24) is 15.2 Å². The van der Waals surface area contributed by atoms with E-state index in [1.807, 2.05) is 72.8 Å². The monoisotopic (exact) mass is 367 g/mol. The van der Waals surface area contributed by atoms with Crippen molar-refractivity contribution in [3.8, 4) is 39.7 Å². The lowest BCUT2D eigenvalue weighted by Gasteiger charge is -2.10. The first kappa shape index (κ1) is 17.5. The van der Waals surface area contributed by atoms with Crippen LogP contribution in [0.25, 0.3) is 33.9 Å². The normalized spacial score (nSPS) is 10.5. The second-order valence-corrected chi connectivity index (χ2v) is 6.18. The summed E-state index contributed by atoms with van der Waals surface area (Å²) in [5.74, 6) is 0.630. The average Bonchev–Trinajstić information content (AvgIpc) is 2.75. The van der Waals surface area contributed by atoms with Gasteiger partial charge in [-0.15, -0.1) is 10.2 Å². The van der Waals surface area contributed by atoms with E-state index in [0.29, 0.717) is 11.6 Å². The number of rotatable bonds is 4. The molecule has 0 spiro atoms. The number of carbonyl (C=O) groups is 1. The summed E-state index contributed by atoms with van der Waals surface area (Å²) in [7, 11) is 0. The maximum absolute atomic E-state index is 11.1. The highest BCUT2D eigenvalue weighted by molar-refractivity contribution is 5.78. The Kier molecular flexibility index (Phi) is 4.89. The lowest BCUT2D eigenvalue weighted by Crippen LogP contribution is -2.02. The summed E-state index contributed by atoms with van der Waals surface area (Å²) in [5, 5.41) is 8.81. The number of benzene rings is 3. The van der Waals surface area contributed by atoms with Crippen LogP contribution in [0, 0.1) is 0 Å². The summed E-state index contributed by atoms with van der Waals surface area (Å²) in [5.41, 5.74) is 4.21. The second-order valence-electron chi connectivity index (χ2n) is 6.18. The molecule has 0 N–H and O–H groups in total. The Morgan fingerprint density at radius 1 is 0.679 bits per heavy atom. The summed E-state index contributed by atoms with van der Waals surface area (Å²) >= 11 is 0. The fourth-order valence-corrected chi connectivity index (χ4v) is 2.87. The van der Waals surface area contributed by atoms with Gasteiger partial charge in [-0.05, 0) is 24.3 Å². The van der Waals surface area contributed by atoms with E-state index >= 15 is 0 Å². The zero-order valence-corrected chi connectivity index (χ0v) is 15.2. The van der Waals surface area contributed by atoms with Crippen molar-refractivity contribution in [2.24, 2.45) is 0 Å². The summed E-state index contributed by atoms with van der Waals surface area (Å²) < 4.78 is 5.08.